The first-order valence-corrected chi connectivity index (χ1v) is 10.2. The van der Waals surface area contributed by atoms with E-state index >= 15 is 0 Å². The van der Waals surface area contributed by atoms with E-state index in [0.717, 1.165) is 44.0 Å². The molecule has 0 aliphatic carbocycles. The van der Waals surface area contributed by atoms with Gasteiger partial charge >= 0.3 is 0 Å². The van der Waals surface area contributed by atoms with E-state index in [1.54, 1.807) is 28.6 Å². The van der Waals surface area contributed by atoms with E-state index in [-0.39, 0.29) is 5.41 Å². The molecule has 134 valence electrons. The van der Waals surface area contributed by atoms with Crippen molar-refractivity contribution in [2.24, 2.45) is 5.41 Å². The summed E-state index contributed by atoms with van der Waals surface area (Å²) >= 11 is 0. The van der Waals surface area contributed by atoms with Gasteiger partial charge in [0.2, 0.25) is 10.0 Å². The summed E-state index contributed by atoms with van der Waals surface area (Å²) in [7, 11) is -3.38. The Balaban J connectivity index is 1.44. The van der Waals surface area contributed by atoms with Crippen molar-refractivity contribution in [1.29, 1.82) is 0 Å². The average Bonchev–Trinajstić information content (AvgIpc) is 3.31. The van der Waals surface area contributed by atoms with Gasteiger partial charge in [0.1, 0.15) is 11.5 Å². The van der Waals surface area contributed by atoms with Gasteiger partial charge in [0.15, 0.2) is 0 Å². The van der Waals surface area contributed by atoms with E-state index in [0.29, 0.717) is 18.0 Å². The van der Waals surface area contributed by atoms with E-state index in [9.17, 15) is 8.42 Å². The largest absolute Gasteiger partial charge is 0.465 e. The van der Waals surface area contributed by atoms with Gasteiger partial charge in [0, 0.05) is 19.6 Å². The Morgan fingerprint density at radius 3 is 2.52 bits per heavy atom. The molecule has 0 radical (unpaired) electrons. The van der Waals surface area contributed by atoms with Crippen LogP contribution in [-0.2, 0) is 16.6 Å². The van der Waals surface area contributed by atoms with Gasteiger partial charge in [-0.25, -0.2) is 8.42 Å². The van der Waals surface area contributed by atoms with Gasteiger partial charge in [-0.3, -0.25) is 4.90 Å². The molecule has 2 aromatic rings. The van der Waals surface area contributed by atoms with Gasteiger partial charge < -0.3 is 4.42 Å². The Morgan fingerprint density at radius 2 is 1.80 bits per heavy atom. The molecule has 25 heavy (non-hydrogen) atoms. The number of hydrogen-bond donors (Lipinski definition) is 0. The first-order valence-electron chi connectivity index (χ1n) is 8.80. The second-order valence-electron chi connectivity index (χ2n) is 7.37. The molecule has 0 saturated carbocycles. The van der Waals surface area contributed by atoms with E-state index in [2.05, 4.69) is 4.90 Å². The fourth-order valence-electron chi connectivity index (χ4n) is 4.13. The lowest BCUT2D eigenvalue weighted by atomic mass is 9.87. The Morgan fingerprint density at radius 1 is 1.04 bits per heavy atom. The van der Waals surface area contributed by atoms with E-state index in [1.165, 1.54) is 0 Å². The highest BCUT2D eigenvalue weighted by Crippen LogP contribution is 2.41. The molecule has 5 nitrogen and oxygen atoms in total. The van der Waals surface area contributed by atoms with Gasteiger partial charge in [0.05, 0.1) is 11.4 Å². The molecular weight excluding hydrogens is 336 g/mol. The molecule has 0 N–H and O–H groups in total. The van der Waals surface area contributed by atoms with E-state index in [4.69, 9.17) is 4.42 Å². The molecule has 2 fully saturated rings. The van der Waals surface area contributed by atoms with Crippen LogP contribution in [0.3, 0.4) is 0 Å². The van der Waals surface area contributed by atoms with E-state index < -0.39 is 10.0 Å². The van der Waals surface area contributed by atoms with Crippen LogP contribution in [0.15, 0.2) is 51.8 Å². The SMILES string of the molecule is Cc1ccc(CN2CC[C@]3(CCN(S(=O)(=O)c4ccccc4)C3)C2)o1. The van der Waals surface area contributed by atoms with Crippen molar-refractivity contribution in [1.82, 2.24) is 9.21 Å². The molecule has 6 heteroatoms. The molecule has 4 rings (SSSR count). The molecule has 1 aromatic heterocycles. The molecule has 0 amide bonds. The number of aryl methyl sites for hydroxylation is 1. The van der Waals surface area contributed by atoms with Gasteiger partial charge in [-0.1, -0.05) is 18.2 Å². The number of hydrogen-bond acceptors (Lipinski definition) is 4. The van der Waals surface area contributed by atoms with Crippen molar-refractivity contribution in [2.45, 2.75) is 31.2 Å². The molecule has 1 spiro atoms. The highest BCUT2D eigenvalue weighted by atomic mass is 32.2. The minimum Gasteiger partial charge on any atom is -0.465 e. The molecule has 2 aliphatic heterocycles. The summed E-state index contributed by atoms with van der Waals surface area (Å²) in [5.41, 5.74) is 0.0868. The van der Waals surface area contributed by atoms with Crippen LogP contribution in [0.2, 0.25) is 0 Å². The van der Waals surface area contributed by atoms with Gasteiger partial charge in [0.25, 0.3) is 0 Å². The number of benzene rings is 1. The summed E-state index contributed by atoms with van der Waals surface area (Å²) in [6, 6.07) is 12.8. The maximum atomic E-state index is 12.8. The monoisotopic (exact) mass is 360 g/mol. The number of nitrogens with zero attached hydrogens (tertiary/aromatic N) is 2. The van der Waals surface area contributed by atoms with E-state index in [1.807, 2.05) is 25.1 Å². The molecule has 2 saturated heterocycles. The average molecular weight is 360 g/mol. The minimum atomic E-state index is -3.38. The smallest absolute Gasteiger partial charge is 0.243 e. The normalized spacial score (nSPS) is 25.2. The van der Waals surface area contributed by atoms with Crippen molar-refractivity contribution in [2.75, 3.05) is 26.2 Å². The lowest BCUT2D eigenvalue weighted by Crippen LogP contribution is -2.34. The molecule has 3 heterocycles. The second kappa shape index (κ2) is 6.27. The third-order valence-electron chi connectivity index (χ3n) is 5.48. The van der Waals surface area contributed by atoms with Crippen molar-refractivity contribution < 1.29 is 12.8 Å². The Bertz CT molecular complexity index is 847. The zero-order valence-corrected chi connectivity index (χ0v) is 15.3. The van der Waals surface area contributed by atoms with Gasteiger partial charge in [-0.2, -0.15) is 4.31 Å². The standard InChI is InChI=1S/C19H24N2O3S/c1-16-7-8-17(24-16)13-20-11-9-19(14-20)10-12-21(15-19)25(22,23)18-5-3-2-4-6-18/h2-8H,9-15H2,1H3/t19-/m0/s1. The number of likely N-dealkylation sites (tertiary alicyclic amines) is 1. The summed E-state index contributed by atoms with van der Waals surface area (Å²) in [5, 5.41) is 0. The lowest BCUT2D eigenvalue weighted by Gasteiger charge is -2.24. The predicted molar refractivity (Wildman–Crippen MR) is 95.6 cm³/mol. The quantitative estimate of drug-likeness (QED) is 0.841. The van der Waals surface area contributed by atoms with Crippen LogP contribution >= 0.6 is 0 Å². The predicted octanol–water partition coefficient (Wildman–Crippen LogP) is 2.87. The number of rotatable bonds is 4. The summed E-state index contributed by atoms with van der Waals surface area (Å²) < 4.78 is 33.0. The van der Waals surface area contributed by atoms with Crippen LogP contribution in [0.4, 0.5) is 0 Å². The highest BCUT2D eigenvalue weighted by Gasteiger charge is 2.46. The third-order valence-corrected chi connectivity index (χ3v) is 7.34. The maximum Gasteiger partial charge on any atom is 0.243 e. The summed E-state index contributed by atoms with van der Waals surface area (Å²) in [6.45, 7) is 5.94. The van der Waals surface area contributed by atoms with Crippen LogP contribution in [0.5, 0.6) is 0 Å². The van der Waals surface area contributed by atoms with Crippen LogP contribution in [0, 0.1) is 12.3 Å². The van der Waals surface area contributed by atoms with Crippen molar-refractivity contribution in [3.63, 3.8) is 0 Å². The zero-order chi connectivity index (χ0) is 17.5. The van der Waals surface area contributed by atoms with Crippen LogP contribution in [0.1, 0.15) is 24.4 Å². The molecule has 0 unspecified atom stereocenters. The van der Waals surface area contributed by atoms with Crippen LogP contribution < -0.4 is 0 Å². The maximum absolute atomic E-state index is 12.8. The Hall–Kier alpha value is -1.63. The number of furan rings is 1. The molecule has 2 aliphatic rings. The van der Waals surface area contributed by atoms with Crippen LogP contribution in [-0.4, -0.2) is 43.8 Å². The number of sulfonamides is 1. The van der Waals surface area contributed by atoms with Gasteiger partial charge in [-0.05, 0) is 56.0 Å². The second-order valence-corrected chi connectivity index (χ2v) is 9.31. The fraction of sp³-hybridized carbons (Fsp3) is 0.474. The first-order chi connectivity index (χ1) is 12.0. The summed E-state index contributed by atoms with van der Waals surface area (Å²) in [6.07, 6.45) is 1.99. The van der Waals surface area contributed by atoms with Crippen molar-refractivity contribution in [3.05, 3.63) is 54.0 Å². The topological polar surface area (TPSA) is 53.8 Å². The first kappa shape index (κ1) is 16.8. The van der Waals surface area contributed by atoms with Gasteiger partial charge in [-0.15, -0.1) is 0 Å². The fourth-order valence-corrected chi connectivity index (χ4v) is 5.70. The molecular formula is C19H24N2O3S. The Labute approximate surface area is 149 Å². The highest BCUT2D eigenvalue weighted by molar-refractivity contribution is 7.89. The third kappa shape index (κ3) is 3.26. The molecule has 0 bridgehead atoms. The lowest BCUT2D eigenvalue weighted by molar-refractivity contribution is 0.244. The molecule has 1 aromatic carbocycles. The minimum absolute atomic E-state index is 0.0868. The summed E-state index contributed by atoms with van der Waals surface area (Å²) in [4.78, 5) is 2.78. The van der Waals surface area contributed by atoms with Crippen molar-refractivity contribution >= 4 is 10.0 Å². The van der Waals surface area contributed by atoms with Crippen molar-refractivity contribution in [3.8, 4) is 0 Å². The zero-order valence-electron chi connectivity index (χ0n) is 14.5. The Kier molecular flexibility index (Phi) is 4.22. The summed E-state index contributed by atoms with van der Waals surface area (Å²) in [5.74, 6) is 1.92. The molecule has 1 atom stereocenters. The van der Waals surface area contributed by atoms with Crippen LogP contribution in [0.25, 0.3) is 0 Å².